The molecule has 86 valence electrons. The molecule has 0 aromatic carbocycles. The summed E-state index contributed by atoms with van der Waals surface area (Å²) in [7, 11) is 0. The maximum Gasteiger partial charge on any atom is 0.0633 e. The first-order valence-electron chi connectivity index (χ1n) is 5.54. The second kappa shape index (κ2) is 9.40. The Hall–Kier alpha value is -0.160. The molecule has 0 aromatic heterocycles. The molecule has 4 heteroatoms. The predicted octanol–water partition coefficient (Wildman–Crippen LogP) is 0.587. The van der Waals surface area contributed by atoms with Gasteiger partial charge in [-0.2, -0.15) is 0 Å². The van der Waals surface area contributed by atoms with Crippen molar-refractivity contribution in [3.63, 3.8) is 0 Å². The molecule has 0 aliphatic heterocycles. The summed E-state index contributed by atoms with van der Waals surface area (Å²) in [6, 6.07) is 0.274. The number of nitrogens with two attached hydrogens (primary N) is 1. The molecule has 14 heavy (non-hydrogen) atoms. The van der Waals surface area contributed by atoms with Crippen molar-refractivity contribution < 1.29 is 4.74 Å². The zero-order valence-corrected chi connectivity index (χ0v) is 9.75. The summed E-state index contributed by atoms with van der Waals surface area (Å²) in [5.41, 5.74) is 2.79. The first kappa shape index (κ1) is 13.8. The fourth-order valence-electron chi connectivity index (χ4n) is 1.35. The number of nitrogens with one attached hydrogen (secondary N) is 1. The Morgan fingerprint density at radius 1 is 1.29 bits per heavy atom. The van der Waals surface area contributed by atoms with Gasteiger partial charge in [-0.3, -0.25) is 11.3 Å². The van der Waals surface area contributed by atoms with Crippen molar-refractivity contribution in [2.45, 2.75) is 33.2 Å². The van der Waals surface area contributed by atoms with E-state index in [1.165, 1.54) is 0 Å². The molecular formula is C10H25N3O. The van der Waals surface area contributed by atoms with E-state index in [4.69, 9.17) is 10.6 Å². The van der Waals surface area contributed by atoms with Crippen LogP contribution in [0.5, 0.6) is 0 Å². The highest BCUT2D eigenvalue weighted by Crippen LogP contribution is 1.96. The summed E-state index contributed by atoms with van der Waals surface area (Å²) in [4.78, 5) is 2.39. The Bertz CT molecular complexity index is 118. The van der Waals surface area contributed by atoms with Crippen LogP contribution in [0.15, 0.2) is 0 Å². The minimum Gasteiger partial charge on any atom is -0.380 e. The van der Waals surface area contributed by atoms with Crippen LogP contribution < -0.4 is 11.3 Å². The van der Waals surface area contributed by atoms with Gasteiger partial charge in [0, 0.05) is 12.6 Å². The Balaban J connectivity index is 3.59. The van der Waals surface area contributed by atoms with E-state index in [-0.39, 0.29) is 6.04 Å². The first-order valence-corrected chi connectivity index (χ1v) is 5.54. The molecule has 0 fully saturated rings. The largest absolute Gasteiger partial charge is 0.380 e. The van der Waals surface area contributed by atoms with Crippen molar-refractivity contribution in [3.8, 4) is 0 Å². The SMILES string of the molecule is CCOCC(CCN(CC)CC)NN. The summed E-state index contributed by atoms with van der Waals surface area (Å²) in [5.74, 6) is 5.43. The monoisotopic (exact) mass is 203 g/mol. The molecule has 0 heterocycles. The van der Waals surface area contributed by atoms with Gasteiger partial charge in [0.25, 0.3) is 0 Å². The molecule has 0 aliphatic rings. The number of hydrazine groups is 1. The number of hydrogen-bond donors (Lipinski definition) is 2. The van der Waals surface area contributed by atoms with Crippen LogP contribution in [0, 0.1) is 0 Å². The minimum atomic E-state index is 0.274. The number of nitrogens with zero attached hydrogens (tertiary/aromatic N) is 1. The van der Waals surface area contributed by atoms with Gasteiger partial charge in [0.2, 0.25) is 0 Å². The normalized spacial score (nSPS) is 13.5. The quantitative estimate of drug-likeness (QED) is 0.425. The summed E-state index contributed by atoms with van der Waals surface area (Å²) in [6.07, 6.45) is 1.04. The zero-order valence-electron chi connectivity index (χ0n) is 9.75. The number of hydrogen-bond acceptors (Lipinski definition) is 4. The highest BCUT2D eigenvalue weighted by atomic mass is 16.5. The van der Waals surface area contributed by atoms with Crippen molar-refractivity contribution in [2.75, 3.05) is 32.8 Å². The van der Waals surface area contributed by atoms with E-state index in [0.29, 0.717) is 6.61 Å². The molecule has 4 nitrogen and oxygen atoms in total. The van der Waals surface area contributed by atoms with Crippen LogP contribution in [0.4, 0.5) is 0 Å². The maximum absolute atomic E-state index is 5.43. The molecule has 0 radical (unpaired) electrons. The van der Waals surface area contributed by atoms with E-state index in [1.807, 2.05) is 6.92 Å². The van der Waals surface area contributed by atoms with Crippen LogP contribution in [0.2, 0.25) is 0 Å². The predicted molar refractivity (Wildman–Crippen MR) is 60.0 cm³/mol. The van der Waals surface area contributed by atoms with Crippen molar-refractivity contribution in [2.24, 2.45) is 5.84 Å². The molecular weight excluding hydrogens is 178 g/mol. The van der Waals surface area contributed by atoms with E-state index in [0.717, 1.165) is 32.7 Å². The van der Waals surface area contributed by atoms with Gasteiger partial charge in [-0.1, -0.05) is 13.8 Å². The van der Waals surface area contributed by atoms with Crippen LogP contribution in [0.25, 0.3) is 0 Å². The van der Waals surface area contributed by atoms with Crippen molar-refractivity contribution >= 4 is 0 Å². The zero-order chi connectivity index (χ0) is 10.8. The lowest BCUT2D eigenvalue weighted by atomic mass is 10.2. The van der Waals surface area contributed by atoms with E-state index in [9.17, 15) is 0 Å². The average Bonchev–Trinajstić information content (AvgIpc) is 2.23. The van der Waals surface area contributed by atoms with E-state index in [1.54, 1.807) is 0 Å². The summed E-state index contributed by atoms with van der Waals surface area (Å²) >= 11 is 0. The fraction of sp³-hybridized carbons (Fsp3) is 1.00. The van der Waals surface area contributed by atoms with E-state index < -0.39 is 0 Å². The van der Waals surface area contributed by atoms with Crippen molar-refractivity contribution in [3.05, 3.63) is 0 Å². The van der Waals surface area contributed by atoms with Gasteiger partial charge >= 0.3 is 0 Å². The lowest BCUT2D eigenvalue weighted by molar-refractivity contribution is 0.115. The Morgan fingerprint density at radius 2 is 1.93 bits per heavy atom. The van der Waals surface area contributed by atoms with Gasteiger partial charge in [0.05, 0.1) is 6.61 Å². The molecule has 0 amide bonds. The summed E-state index contributed by atoms with van der Waals surface area (Å²) in [6.45, 7) is 11.1. The van der Waals surface area contributed by atoms with Crippen LogP contribution in [0.3, 0.4) is 0 Å². The van der Waals surface area contributed by atoms with Gasteiger partial charge in [0.15, 0.2) is 0 Å². The summed E-state index contributed by atoms with van der Waals surface area (Å²) < 4.78 is 5.33. The number of ether oxygens (including phenoxy) is 1. The Morgan fingerprint density at radius 3 is 2.36 bits per heavy atom. The molecule has 1 unspecified atom stereocenters. The lowest BCUT2D eigenvalue weighted by Gasteiger charge is -2.22. The highest BCUT2D eigenvalue weighted by Gasteiger charge is 2.08. The topological polar surface area (TPSA) is 50.5 Å². The molecule has 1 atom stereocenters. The van der Waals surface area contributed by atoms with E-state index in [2.05, 4.69) is 24.2 Å². The summed E-state index contributed by atoms with van der Waals surface area (Å²) in [5, 5.41) is 0. The Kier molecular flexibility index (Phi) is 9.29. The van der Waals surface area contributed by atoms with Crippen LogP contribution in [-0.4, -0.2) is 43.8 Å². The first-order chi connectivity index (χ1) is 6.78. The standard InChI is InChI=1S/C10H25N3O/c1-4-13(5-2)8-7-10(12-11)9-14-6-3/h10,12H,4-9,11H2,1-3H3. The second-order valence-electron chi connectivity index (χ2n) is 3.34. The number of rotatable bonds is 9. The molecule has 0 rings (SSSR count). The molecule has 0 aliphatic carbocycles. The third-order valence-electron chi connectivity index (χ3n) is 2.45. The third kappa shape index (κ3) is 6.32. The van der Waals surface area contributed by atoms with Crippen molar-refractivity contribution in [1.82, 2.24) is 10.3 Å². The van der Waals surface area contributed by atoms with Gasteiger partial charge in [-0.25, -0.2) is 0 Å². The molecule has 0 saturated heterocycles. The van der Waals surface area contributed by atoms with Gasteiger partial charge in [-0.05, 0) is 33.0 Å². The molecule has 0 saturated carbocycles. The van der Waals surface area contributed by atoms with E-state index >= 15 is 0 Å². The fourth-order valence-corrected chi connectivity index (χ4v) is 1.35. The van der Waals surface area contributed by atoms with Gasteiger partial charge in [-0.15, -0.1) is 0 Å². The smallest absolute Gasteiger partial charge is 0.0633 e. The molecule has 0 aromatic rings. The van der Waals surface area contributed by atoms with Gasteiger partial charge in [0.1, 0.15) is 0 Å². The maximum atomic E-state index is 5.43. The molecule has 0 bridgehead atoms. The minimum absolute atomic E-state index is 0.274. The third-order valence-corrected chi connectivity index (χ3v) is 2.45. The average molecular weight is 203 g/mol. The van der Waals surface area contributed by atoms with Crippen LogP contribution in [-0.2, 0) is 4.74 Å². The molecule has 3 N–H and O–H groups in total. The van der Waals surface area contributed by atoms with Crippen LogP contribution >= 0.6 is 0 Å². The Labute approximate surface area is 87.8 Å². The highest BCUT2D eigenvalue weighted by molar-refractivity contribution is 4.65. The van der Waals surface area contributed by atoms with Crippen LogP contribution in [0.1, 0.15) is 27.2 Å². The lowest BCUT2D eigenvalue weighted by Crippen LogP contribution is -2.41. The molecule has 0 spiro atoms. The van der Waals surface area contributed by atoms with Gasteiger partial charge < -0.3 is 9.64 Å². The second-order valence-corrected chi connectivity index (χ2v) is 3.34. The van der Waals surface area contributed by atoms with Crippen molar-refractivity contribution in [1.29, 1.82) is 0 Å².